The van der Waals surface area contributed by atoms with Crippen molar-refractivity contribution in [2.75, 3.05) is 55.6 Å². The van der Waals surface area contributed by atoms with Crippen molar-refractivity contribution in [2.24, 2.45) is 16.7 Å². The zero-order valence-electron chi connectivity index (χ0n) is 35.9. The van der Waals surface area contributed by atoms with Crippen molar-refractivity contribution in [1.82, 2.24) is 25.4 Å². The molecule has 5 amide bonds. The molecule has 2 N–H and O–H groups in total. The van der Waals surface area contributed by atoms with E-state index in [-0.39, 0.29) is 47.6 Å². The maximum atomic E-state index is 15.8. The highest BCUT2D eigenvalue weighted by atomic mass is 19.1. The molecular formula is C48H51FN8O6. The molecule has 1 aromatic heterocycles. The second kappa shape index (κ2) is 16.1. The Bertz CT molecular complexity index is 2570. The van der Waals surface area contributed by atoms with Gasteiger partial charge in [0.15, 0.2) is 0 Å². The molecule has 0 bridgehead atoms. The first-order valence-electron chi connectivity index (χ1n) is 21.8. The fraction of sp³-hybridized carbons (Fsp3) is 0.438. The summed E-state index contributed by atoms with van der Waals surface area (Å²) in [5.41, 5.74) is 2.30. The van der Waals surface area contributed by atoms with Gasteiger partial charge >= 0.3 is 0 Å². The molecule has 0 radical (unpaired) electrons. The molecule has 1 atom stereocenters. The van der Waals surface area contributed by atoms with Crippen molar-refractivity contribution in [2.45, 2.75) is 71.6 Å². The Hall–Kier alpha value is -6.40. The summed E-state index contributed by atoms with van der Waals surface area (Å²) < 4.78 is 22.4. The third-order valence-corrected chi connectivity index (χ3v) is 14.0. The smallest absolute Gasteiger partial charge is 0.262 e. The number of rotatable bonds is 9. The number of imide groups is 2. The van der Waals surface area contributed by atoms with Crippen LogP contribution in [-0.4, -0.2) is 108 Å². The average Bonchev–Trinajstić information content (AvgIpc) is 3.52. The largest absolute Gasteiger partial charge is 0.489 e. The van der Waals surface area contributed by atoms with E-state index in [0.29, 0.717) is 41.6 Å². The van der Waals surface area contributed by atoms with Gasteiger partial charge in [-0.15, -0.1) is 0 Å². The summed E-state index contributed by atoms with van der Waals surface area (Å²) in [5, 5.41) is 6.19. The van der Waals surface area contributed by atoms with Crippen LogP contribution in [0.5, 0.6) is 5.75 Å². The van der Waals surface area contributed by atoms with Crippen LogP contribution in [0.1, 0.15) is 84.5 Å². The monoisotopic (exact) mass is 854 g/mol. The molecular weight excluding hydrogens is 804 g/mol. The molecule has 5 heterocycles. The predicted octanol–water partition coefficient (Wildman–Crippen LogP) is 5.98. The Balaban J connectivity index is 0.754. The molecule has 14 nitrogen and oxygen atoms in total. The number of hydrogen-bond donors (Lipinski definition) is 2. The number of fused-ring (bicyclic) bond motifs is 2. The third-order valence-electron chi connectivity index (χ3n) is 14.0. The quantitative estimate of drug-likeness (QED) is 0.152. The number of hydrogen-bond acceptors (Lipinski definition) is 10. The van der Waals surface area contributed by atoms with Crippen molar-refractivity contribution in [3.8, 4) is 5.75 Å². The van der Waals surface area contributed by atoms with Crippen LogP contribution in [0, 0.1) is 29.1 Å². The van der Waals surface area contributed by atoms with E-state index in [0.717, 1.165) is 61.5 Å². The van der Waals surface area contributed by atoms with Crippen LogP contribution in [0.15, 0.2) is 66.9 Å². The fourth-order valence-electron chi connectivity index (χ4n) is 10.9. The van der Waals surface area contributed by atoms with E-state index >= 15 is 4.39 Å². The molecule has 1 aliphatic carbocycles. The number of piperidine rings is 2. The second-order valence-corrected chi connectivity index (χ2v) is 18.7. The average molecular weight is 855 g/mol. The van der Waals surface area contributed by atoms with E-state index < -0.39 is 46.3 Å². The lowest BCUT2D eigenvalue weighted by molar-refractivity contribution is -0.163. The summed E-state index contributed by atoms with van der Waals surface area (Å²) in [6.45, 7) is 21.3. The van der Waals surface area contributed by atoms with Crippen LogP contribution >= 0.6 is 0 Å². The first-order valence-corrected chi connectivity index (χ1v) is 21.8. The molecule has 9 rings (SSSR count). The van der Waals surface area contributed by atoms with Crippen LogP contribution in [0.2, 0.25) is 0 Å². The minimum absolute atomic E-state index is 0.0753. The maximum Gasteiger partial charge on any atom is 0.262 e. The molecule has 4 aromatic rings. The topological polar surface area (TPSA) is 149 Å². The van der Waals surface area contributed by atoms with Crippen LogP contribution in [-0.2, 0) is 9.59 Å². The zero-order valence-corrected chi connectivity index (χ0v) is 35.9. The molecule has 3 aromatic carbocycles. The lowest BCUT2D eigenvalue weighted by atomic mass is 9.49. The summed E-state index contributed by atoms with van der Waals surface area (Å²) in [4.78, 5) is 80.0. The van der Waals surface area contributed by atoms with E-state index in [1.165, 1.54) is 6.07 Å². The van der Waals surface area contributed by atoms with Gasteiger partial charge in [0.25, 0.3) is 17.7 Å². The molecule has 4 aliphatic heterocycles. The Morgan fingerprint density at radius 3 is 2.32 bits per heavy atom. The van der Waals surface area contributed by atoms with Gasteiger partial charge in [-0.1, -0.05) is 33.8 Å². The Morgan fingerprint density at radius 1 is 0.889 bits per heavy atom. The lowest BCUT2D eigenvalue weighted by Crippen LogP contribution is -2.74. The number of anilines is 2. The normalized spacial score (nSPS) is 23.6. The number of amides is 5. The van der Waals surface area contributed by atoms with Gasteiger partial charge in [-0.25, -0.2) is 9.24 Å². The first-order chi connectivity index (χ1) is 30.1. The highest BCUT2D eigenvalue weighted by molar-refractivity contribution is 6.23. The zero-order chi connectivity index (χ0) is 44.4. The minimum atomic E-state index is -0.994. The molecule has 63 heavy (non-hydrogen) atoms. The van der Waals surface area contributed by atoms with Gasteiger partial charge in [-0.2, -0.15) is 0 Å². The number of ether oxygens (including phenoxy) is 1. The SMILES string of the molecule is [C-]#[N+]c1ccc(OC2C(C)(C)C(NC(=O)c3ccc(N4CCC(CN5CCN(c6ccc7c(c6)C(=O)N([C@H]6CCC(=O)NC6=O)C7=O)CC5)CC4)c(F)c3)C2(C)C)c2cccnc12. The summed E-state index contributed by atoms with van der Waals surface area (Å²) in [6, 6.07) is 16.0. The van der Waals surface area contributed by atoms with Crippen LogP contribution < -0.4 is 25.2 Å². The molecule has 5 aliphatic rings. The Kier molecular flexibility index (Phi) is 10.7. The van der Waals surface area contributed by atoms with Gasteiger partial charge in [0.1, 0.15) is 23.7 Å². The van der Waals surface area contributed by atoms with E-state index in [2.05, 4.69) is 62.9 Å². The number of nitrogens with zero attached hydrogens (tertiary/aromatic N) is 6. The number of halogens is 1. The number of benzene rings is 3. The maximum absolute atomic E-state index is 15.8. The number of carbonyl (C=O) groups is 5. The Labute approximate surface area is 365 Å². The van der Waals surface area contributed by atoms with Crippen molar-refractivity contribution >= 4 is 57.5 Å². The van der Waals surface area contributed by atoms with E-state index in [9.17, 15) is 24.0 Å². The summed E-state index contributed by atoms with van der Waals surface area (Å²) in [5.74, 6) is -1.71. The highest BCUT2D eigenvalue weighted by Gasteiger charge is 2.64. The van der Waals surface area contributed by atoms with Crippen LogP contribution in [0.3, 0.4) is 0 Å². The number of piperazine rings is 1. The molecule has 326 valence electrons. The van der Waals surface area contributed by atoms with Gasteiger partial charge in [0.05, 0.1) is 28.9 Å². The number of pyridine rings is 1. The van der Waals surface area contributed by atoms with Crippen LogP contribution in [0.25, 0.3) is 15.7 Å². The molecule has 1 saturated carbocycles. The van der Waals surface area contributed by atoms with E-state index in [1.807, 2.05) is 24.3 Å². The fourth-order valence-corrected chi connectivity index (χ4v) is 10.9. The second-order valence-electron chi connectivity index (χ2n) is 18.7. The van der Waals surface area contributed by atoms with E-state index in [4.69, 9.17) is 11.3 Å². The van der Waals surface area contributed by atoms with Crippen molar-refractivity contribution in [1.29, 1.82) is 0 Å². The molecule has 0 spiro atoms. The third kappa shape index (κ3) is 7.43. The lowest BCUT2D eigenvalue weighted by Gasteiger charge is -2.63. The van der Waals surface area contributed by atoms with E-state index in [1.54, 1.807) is 36.5 Å². The van der Waals surface area contributed by atoms with Gasteiger partial charge in [-0.05, 0) is 79.8 Å². The summed E-state index contributed by atoms with van der Waals surface area (Å²) in [7, 11) is 0. The first kappa shape index (κ1) is 41.9. The van der Waals surface area contributed by atoms with Crippen molar-refractivity contribution < 1.29 is 33.1 Å². The summed E-state index contributed by atoms with van der Waals surface area (Å²) in [6.07, 6.45) is 3.42. The molecule has 4 fully saturated rings. The number of carbonyl (C=O) groups excluding carboxylic acids is 5. The van der Waals surface area contributed by atoms with Crippen molar-refractivity contribution in [3.05, 3.63) is 101 Å². The van der Waals surface area contributed by atoms with Gasteiger partial charge < -0.3 is 19.9 Å². The van der Waals surface area contributed by atoms with Gasteiger partial charge in [0.2, 0.25) is 17.5 Å². The highest BCUT2D eigenvalue weighted by Crippen LogP contribution is 2.56. The number of nitrogens with one attached hydrogen (secondary N) is 2. The molecule has 3 saturated heterocycles. The van der Waals surface area contributed by atoms with Crippen LogP contribution in [0.4, 0.5) is 21.5 Å². The molecule has 15 heteroatoms. The standard InChI is InChI=1S/C48H51FN8O6/c1-47(2)45(48(3,4)46(47)63-38-14-11-35(50-5)40-32(38)7-6-18-51-40)53-41(59)29-8-12-36(34(49)25-29)56-19-16-28(17-20-56)27-54-21-23-55(24-22-54)30-9-10-31-33(26-30)44(62)57(43(31)61)37-13-15-39(58)52-42(37)60/h6-12,14,18,25-26,28,37,45-46H,13,15-17,19-24,27H2,1-4H3,(H,53,59)(H,52,58,60)/t37-,45?,46?/m0/s1. The minimum Gasteiger partial charge on any atom is -0.489 e. The summed E-state index contributed by atoms with van der Waals surface area (Å²) >= 11 is 0. The van der Waals surface area contributed by atoms with Crippen molar-refractivity contribution in [3.63, 3.8) is 0 Å². The predicted molar refractivity (Wildman–Crippen MR) is 234 cm³/mol. The molecule has 0 unspecified atom stereocenters. The van der Waals surface area contributed by atoms with Gasteiger partial charge in [-0.3, -0.25) is 44.1 Å². The van der Waals surface area contributed by atoms with Gasteiger partial charge in [0, 0.05) is 91.9 Å². The number of aromatic nitrogens is 1. The Morgan fingerprint density at radius 2 is 1.62 bits per heavy atom.